The molecule has 176 valence electrons. The smallest absolute Gasteiger partial charge is 0.341 e. The number of nitrogens with zero attached hydrogens (tertiary/aromatic N) is 3. The van der Waals surface area contributed by atoms with Crippen LogP contribution < -0.4 is 15.8 Å². The van der Waals surface area contributed by atoms with Gasteiger partial charge in [0, 0.05) is 17.9 Å². The second-order valence-corrected chi connectivity index (χ2v) is 10.2. The molecule has 2 atom stereocenters. The van der Waals surface area contributed by atoms with Crippen LogP contribution in [-0.2, 0) is 15.9 Å². The number of esters is 1. The maximum atomic E-state index is 12.2. The highest BCUT2D eigenvalue weighted by atomic mass is 16.6. The average molecular weight is 460 g/mol. The zero-order valence-corrected chi connectivity index (χ0v) is 19.7. The summed E-state index contributed by atoms with van der Waals surface area (Å²) in [6, 6.07) is 5.53. The number of carbonyl (C=O) groups excluding carboxylic acids is 1. The van der Waals surface area contributed by atoms with Crippen molar-refractivity contribution in [2.75, 3.05) is 5.32 Å². The summed E-state index contributed by atoms with van der Waals surface area (Å²) in [5, 5.41) is 5.16. The second kappa shape index (κ2) is 7.37. The van der Waals surface area contributed by atoms with Crippen molar-refractivity contribution in [3.63, 3.8) is 0 Å². The van der Waals surface area contributed by atoms with E-state index in [1.807, 2.05) is 26.1 Å². The molecule has 6 rings (SSSR count). The minimum absolute atomic E-state index is 0.237. The van der Waals surface area contributed by atoms with E-state index in [2.05, 4.69) is 22.2 Å². The normalized spacial score (nSPS) is 23.4. The third kappa shape index (κ3) is 3.48. The number of hydrogen-bond donors (Lipinski definition) is 2. The maximum absolute atomic E-state index is 12.2. The predicted octanol–water partition coefficient (Wildman–Crippen LogP) is 4.69. The molecule has 3 aromatic rings. The Kier molecular flexibility index (Phi) is 4.61. The zero-order valence-electron chi connectivity index (χ0n) is 19.7. The summed E-state index contributed by atoms with van der Waals surface area (Å²) >= 11 is 0. The van der Waals surface area contributed by atoms with E-state index in [0.29, 0.717) is 41.1 Å². The van der Waals surface area contributed by atoms with Crippen LogP contribution in [0.2, 0.25) is 0 Å². The van der Waals surface area contributed by atoms with Crippen molar-refractivity contribution in [3.05, 3.63) is 47.4 Å². The number of anilines is 2. The summed E-state index contributed by atoms with van der Waals surface area (Å²) in [4.78, 5) is 26.2. The van der Waals surface area contributed by atoms with Gasteiger partial charge < -0.3 is 20.5 Å². The summed E-state index contributed by atoms with van der Waals surface area (Å²) in [7, 11) is 0. The number of rotatable bonds is 7. The lowest BCUT2D eigenvalue weighted by molar-refractivity contribution is -0.00220. The van der Waals surface area contributed by atoms with Crippen LogP contribution in [-0.4, -0.2) is 27.0 Å². The lowest BCUT2D eigenvalue weighted by Crippen LogP contribution is -2.35. The van der Waals surface area contributed by atoms with Crippen molar-refractivity contribution in [2.45, 2.75) is 70.1 Å². The van der Waals surface area contributed by atoms with Crippen molar-refractivity contribution in [1.29, 1.82) is 0 Å². The van der Waals surface area contributed by atoms with Crippen molar-refractivity contribution in [1.82, 2.24) is 15.0 Å². The Bertz CT molecular complexity index is 1320. The molecule has 2 aliphatic carbocycles. The van der Waals surface area contributed by atoms with Crippen LogP contribution in [0.3, 0.4) is 0 Å². The van der Waals surface area contributed by atoms with Gasteiger partial charge in [-0.1, -0.05) is 6.92 Å². The van der Waals surface area contributed by atoms with Crippen LogP contribution in [0.1, 0.15) is 74.5 Å². The Balaban J connectivity index is 1.40. The van der Waals surface area contributed by atoms with Gasteiger partial charge in [-0.25, -0.2) is 19.7 Å². The molecule has 3 aliphatic rings. The van der Waals surface area contributed by atoms with E-state index >= 15 is 0 Å². The first kappa shape index (κ1) is 21.3. The van der Waals surface area contributed by atoms with Crippen molar-refractivity contribution in [2.24, 2.45) is 11.7 Å². The van der Waals surface area contributed by atoms with Crippen molar-refractivity contribution >= 4 is 28.4 Å². The fourth-order valence-corrected chi connectivity index (χ4v) is 4.72. The number of hydrogen-bond acceptors (Lipinski definition) is 8. The minimum Gasteiger partial charge on any atom is -0.474 e. The topological polar surface area (TPSA) is 112 Å². The van der Waals surface area contributed by atoms with Gasteiger partial charge in [-0.05, 0) is 81.0 Å². The summed E-state index contributed by atoms with van der Waals surface area (Å²) in [5.41, 5.74) is 7.78. The van der Waals surface area contributed by atoms with Crippen LogP contribution in [0.5, 0.6) is 5.88 Å². The van der Waals surface area contributed by atoms with Crippen LogP contribution >= 0.6 is 0 Å². The molecule has 0 aromatic carbocycles. The first-order valence-electron chi connectivity index (χ1n) is 12.0. The monoisotopic (exact) mass is 459 g/mol. The number of pyridine rings is 3. The molecule has 8 heteroatoms. The zero-order chi connectivity index (χ0) is 23.7. The van der Waals surface area contributed by atoms with Gasteiger partial charge in [-0.15, -0.1) is 0 Å². The molecule has 2 fully saturated rings. The van der Waals surface area contributed by atoms with Gasteiger partial charge in [0.25, 0.3) is 0 Å². The summed E-state index contributed by atoms with van der Waals surface area (Å²) in [6.45, 7) is 5.96. The number of nitrogens with two attached hydrogens (primary N) is 1. The molecule has 0 saturated heterocycles. The van der Waals surface area contributed by atoms with Gasteiger partial charge >= 0.3 is 5.97 Å². The quantitative estimate of drug-likeness (QED) is 0.490. The van der Waals surface area contributed by atoms with E-state index in [1.165, 1.54) is 0 Å². The molecule has 8 nitrogen and oxygen atoms in total. The number of carbonyl (C=O) groups is 1. The van der Waals surface area contributed by atoms with E-state index in [9.17, 15) is 4.79 Å². The second-order valence-electron chi connectivity index (χ2n) is 10.2. The van der Waals surface area contributed by atoms with Crippen LogP contribution in [0, 0.1) is 5.92 Å². The number of cyclic esters (lactones) is 1. The lowest BCUT2D eigenvalue weighted by Gasteiger charge is -2.27. The molecular weight excluding hydrogens is 430 g/mol. The molecule has 0 radical (unpaired) electrons. The van der Waals surface area contributed by atoms with Crippen LogP contribution in [0.4, 0.5) is 11.6 Å². The van der Waals surface area contributed by atoms with Crippen LogP contribution in [0.25, 0.3) is 10.8 Å². The van der Waals surface area contributed by atoms with Gasteiger partial charge in [0.2, 0.25) is 5.88 Å². The molecule has 0 spiro atoms. The van der Waals surface area contributed by atoms with E-state index in [-0.39, 0.29) is 12.1 Å². The van der Waals surface area contributed by atoms with Gasteiger partial charge in [0.05, 0.1) is 10.9 Å². The third-order valence-corrected chi connectivity index (χ3v) is 7.41. The SMILES string of the molecule is CC[C@@]1(C)OC(=O)c2ccc(Nc3cc4c(C(C)(N)C5CC5)cnc(OC5CC5)c4cn3)nc21. The Morgan fingerprint density at radius 1 is 1.18 bits per heavy atom. The van der Waals surface area contributed by atoms with Crippen molar-refractivity contribution < 1.29 is 14.3 Å². The standard InChI is InChI=1S/C26H29N5O3/c1-4-25(2)22-16(24(32)34-25)9-10-20(31-22)30-21-11-17-18(12-28-21)23(33-15-7-8-15)29-13-19(17)26(3,27)14-5-6-14/h9-15H,4-8,27H2,1-3H3,(H,28,30,31)/t25-,26?/m1/s1. The summed E-state index contributed by atoms with van der Waals surface area (Å²) in [6.07, 6.45) is 8.91. The van der Waals surface area contributed by atoms with Gasteiger partial charge in [0.15, 0.2) is 5.60 Å². The van der Waals surface area contributed by atoms with Gasteiger partial charge in [0.1, 0.15) is 23.4 Å². The van der Waals surface area contributed by atoms with Gasteiger partial charge in [-0.2, -0.15) is 0 Å². The minimum atomic E-state index is -0.722. The molecule has 2 saturated carbocycles. The molecule has 34 heavy (non-hydrogen) atoms. The molecule has 1 unspecified atom stereocenters. The molecule has 0 amide bonds. The number of aromatic nitrogens is 3. The number of ether oxygens (including phenoxy) is 2. The van der Waals surface area contributed by atoms with Crippen LogP contribution in [0.15, 0.2) is 30.6 Å². The van der Waals surface area contributed by atoms with Gasteiger partial charge in [-0.3, -0.25) is 0 Å². The highest BCUT2D eigenvalue weighted by Crippen LogP contribution is 2.46. The van der Waals surface area contributed by atoms with E-state index in [4.69, 9.17) is 20.2 Å². The third-order valence-electron chi connectivity index (χ3n) is 7.41. The summed E-state index contributed by atoms with van der Waals surface area (Å²) in [5.74, 6) is 1.97. The molecule has 4 heterocycles. The average Bonchev–Trinajstić information content (AvgIpc) is 3.73. The fraction of sp³-hybridized carbons (Fsp3) is 0.462. The molecule has 3 aromatic heterocycles. The van der Waals surface area contributed by atoms with E-state index < -0.39 is 11.1 Å². The van der Waals surface area contributed by atoms with E-state index in [1.54, 1.807) is 18.3 Å². The molecule has 3 N–H and O–H groups in total. The number of nitrogens with one attached hydrogen (secondary N) is 1. The predicted molar refractivity (Wildman–Crippen MR) is 128 cm³/mol. The largest absolute Gasteiger partial charge is 0.474 e. The maximum Gasteiger partial charge on any atom is 0.341 e. The summed E-state index contributed by atoms with van der Waals surface area (Å²) < 4.78 is 11.6. The van der Waals surface area contributed by atoms with Crippen molar-refractivity contribution in [3.8, 4) is 5.88 Å². The Morgan fingerprint density at radius 3 is 2.68 bits per heavy atom. The molecular formula is C26H29N5O3. The fourth-order valence-electron chi connectivity index (χ4n) is 4.72. The Labute approximate surface area is 198 Å². The highest BCUT2D eigenvalue weighted by molar-refractivity contribution is 5.94. The molecule has 1 aliphatic heterocycles. The number of fused-ring (bicyclic) bond motifs is 2. The lowest BCUT2D eigenvalue weighted by atomic mass is 9.86. The first-order valence-corrected chi connectivity index (χ1v) is 12.0. The first-order chi connectivity index (χ1) is 16.3. The highest BCUT2D eigenvalue weighted by Gasteiger charge is 2.43. The Morgan fingerprint density at radius 2 is 1.97 bits per heavy atom. The van der Waals surface area contributed by atoms with E-state index in [0.717, 1.165) is 42.0 Å². The molecule has 0 bridgehead atoms. The Hall–Kier alpha value is -3.26.